The van der Waals surface area contributed by atoms with E-state index in [2.05, 4.69) is 26.2 Å². The second-order valence-corrected chi connectivity index (χ2v) is 6.44. The normalized spacial score (nSPS) is 20.1. The van der Waals surface area contributed by atoms with Crippen molar-refractivity contribution in [1.82, 2.24) is 15.2 Å². The quantitative estimate of drug-likeness (QED) is 0.876. The predicted molar refractivity (Wildman–Crippen MR) is 90.9 cm³/mol. The maximum absolute atomic E-state index is 8.97. The van der Waals surface area contributed by atoms with Crippen molar-refractivity contribution in [3.8, 4) is 0 Å². The van der Waals surface area contributed by atoms with Gasteiger partial charge >= 0.3 is 0 Å². The minimum absolute atomic E-state index is 0.0236. The van der Waals surface area contributed by atoms with E-state index in [1.807, 2.05) is 12.1 Å². The molecule has 24 heavy (non-hydrogen) atoms. The van der Waals surface area contributed by atoms with Crippen LogP contribution in [0.3, 0.4) is 0 Å². The summed E-state index contributed by atoms with van der Waals surface area (Å²) in [5.41, 5.74) is 3.62. The van der Waals surface area contributed by atoms with Crippen molar-refractivity contribution in [2.24, 2.45) is 5.92 Å². The highest BCUT2D eigenvalue weighted by Gasteiger charge is 2.31. The van der Waals surface area contributed by atoms with E-state index in [0.717, 1.165) is 68.2 Å². The Labute approximate surface area is 140 Å². The first-order valence-electron chi connectivity index (χ1n) is 8.42. The Morgan fingerprint density at radius 1 is 1.21 bits per heavy atom. The van der Waals surface area contributed by atoms with Crippen molar-refractivity contribution in [3.63, 3.8) is 0 Å². The molecule has 2 aliphatic heterocycles. The summed E-state index contributed by atoms with van der Waals surface area (Å²) < 4.78 is 10.3. The van der Waals surface area contributed by atoms with Gasteiger partial charge < -0.3 is 14.7 Å². The van der Waals surface area contributed by atoms with Crippen molar-refractivity contribution in [2.45, 2.75) is 0 Å². The maximum Gasteiger partial charge on any atom is 0.158 e. The van der Waals surface area contributed by atoms with Gasteiger partial charge in [-0.25, -0.2) is 4.63 Å². The van der Waals surface area contributed by atoms with Crippen molar-refractivity contribution in [2.75, 3.05) is 57.4 Å². The number of fused-ring (bicyclic) bond motifs is 1. The molecule has 3 heterocycles. The summed E-state index contributed by atoms with van der Waals surface area (Å²) in [5, 5.41) is 17.0. The first-order valence-corrected chi connectivity index (χ1v) is 8.42. The zero-order valence-electron chi connectivity index (χ0n) is 13.6. The predicted octanol–water partition coefficient (Wildman–Crippen LogP) is 0.997. The Kier molecular flexibility index (Phi) is 4.46. The number of aromatic nitrogens is 2. The number of ether oxygens (including phenoxy) is 1. The molecule has 1 N–H and O–H groups in total. The van der Waals surface area contributed by atoms with E-state index < -0.39 is 0 Å². The van der Waals surface area contributed by atoms with Gasteiger partial charge in [-0.1, -0.05) is 12.2 Å². The monoisotopic (exact) mass is 330 g/mol. The molecule has 128 valence electrons. The lowest BCUT2D eigenvalue weighted by Gasteiger charge is -2.43. The molecule has 0 atom stereocenters. The topological polar surface area (TPSA) is 74.9 Å². The van der Waals surface area contributed by atoms with E-state index in [9.17, 15) is 0 Å². The Hall–Kier alpha value is -1.96. The number of hydrogen-bond donors (Lipinski definition) is 1. The molecule has 0 spiro atoms. The number of nitrogens with zero attached hydrogens (tertiary/aromatic N) is 4. The summed E-state index contributed by atoms with van der Waals surface area (Å²) in [5.74, 6) is 0.676. The molecule has 0 aliphatic carbocycles. The molecule has 2 fully saturated rings. The average Bonchev–Trinajstić information content (AvgIpc) is 3.05. The van der Waals surface area contributed by atoms with Gasteiger partial charge in [-0.05, 0) is 28.0 Å². The van der Waals surface area contributed by atoms with Crippen molar-refractivity contribution in [1.29, 1.82) is 0 Å². The largest absolute Gasteiger partial charge is 0.392 e. The Balaban J connectivity index is 1.46. The lowest BCUT2D eigenvalue weighted by atomic mass is 9.97. The van der Waals surface area contributed by atoms with E-state index in [1.165, 1.54) is 0 Å². The fourth-order valence-electron chi connectivity index (χ4n) is 3.45. The van der Waals surface area contributed by atoms with Gasteiger partial charge in [0.2, 0.25) is 0 Å². The molecule has 0 bridgehead atoms. The van der Waals surface area contributed by atoms with Gasteiger partial charge in [0, 0.05) is 38.6 Å². The molecule has 4 rings (SSSR count). The second-order valence-electron chi connectivity index (χ2n) is 6.44. The molecule has 0 radical (unpaired) electrons. The molecule has 1 aromatic heterocycles. The van der Waals surface area contributed by atoms with Crippen LogP contribution in [0.5, 0.6) is 0 Å². The van der Waals surface area contributed by atoms with E-state index in [0.29, 0.717) is 5.92 Å². The van der Waals surface area contributed by atoms with Gasteiger partial charge in [0.05, 0.1) is 25.5 Å². The summed E-state index contributed by atoms with van der Waals surface area (Å²) in [4.78, 5) is 4.81. The van der Waals surface area contributed by atoms with Crippen LogP contribution < -0.4 is 4.90 Å². The fourth-order valence-corrected chi connectivity index (χ4v) is 3.45. The standard InChI is InChI=1S/C17H22N4O3/c22-5-1-2-13-8-15-17(19-24-18-15)16(9-13)21-11-14(12-21)10-20-3-6-23-7-4-20/h1-2,8-9,14,22H,3-7,10-12H2. The minimum atomic E-state index is 0.0236. The lowest BCUT2D eigenvalue weighted by Crippen LogP contribution is -2.53. The van der Waals surface area contributed by atoms with Crippen LogP contribution in [-0.4, -0.2) is 72.9 Å². The van der Waals surface area contributed by atoms with E-state index in [4.69, 9.17) is 14.5 Å². The minimum Gasteiger partial charge on any atom is -0.392 e. The molecule has 0 saturated carbocycles. The molecule has 0 amide bonds. The van der Waals surface area contributed by atoms with E-state index in [1.54, 1.807) is 6.08 Å². The Morgan fingerprint density at radius 3 is 2.83 bits per heavy atom. The molecule has 0 unspecified atom stereocenters. The number of aliphatic hydroxyl groups is 1. The first kappa shape index (κ1) is 15.6. The van der Waals surface area contributed by atoms with Crippen LogP contribution in [0, 0.1) is 5.92 Å². The van der Waals surface area contributed by atoms with Gasteiger partial charge in [0.15, 0.2) is 5.52 Å². The highest BCUT2D eigenvalue weighted by molar-refractivity contribution is 5.90. The first-order chi connectivity index (χ1) is 11.8. The zero-order valence-corrected chi connectivity index (χ0v) is 13.6. The number of aliphatic hydroxyl groups excluding tert-OH is 1. The van der Waals surface area contributed by atoms with Crippen LogP contribution in [0.1, 0.15) is 5.56 Å². The van der Waals surface area contributed by atoms with Crippen molar-refractivity contribution in [3.05, 3.63) is 23.8 Å². The highest BCUT2D eigenvalue weighted by Crippen LogP contribution is 2.32. The van der Waals surface area contributed by atoms with Gasteiger partial charge in [0.1, 0.15) is 5.52 Å². The van der Waals surface area contributed by atoms with Crippen LogP contribution in [-0.2, 0) is 4.74 Å². The zero-order chi connectivity index (χ0) is 16.4. The van der Waals surface area contributed by atoms with Crippen LogP contribution in [0.15, 0.2) is 22.8 Å². The van der Waals surface area contributed by atoms with Gasteiger partial charge in [0.25, 0.3) is 0 Å². The molecule has 2 aliphatic rings. The summed E-state index contributed by atoms with van der Waals surface area (Å²) in [6.45, 7) is 6.96. The number of benzene rings is 1. The maximum atomic E-state index is 8.97. The van der Waals surface area contributed by atoms with Crippen LogP contribution in [0.25, 0.3) is 17.1 Å². The second kappa shape index (κ2) is 6.88. The molecule has 2 saturated heterocycles. The Morgan fingerprint density at radius 2 is 2.04 bits per heavy atom. The molecule has 1 aromatic carbocycles. The summed E-state index contributed by atoms with van der Waals surface area (Å²) in [7, 11) is 0. The van der Waals surface area contributed by atoms with E-state index in [-0.39, 0.29) is 6.61 Å². The van der Waals surface area contributed by atoms with Gasteiger partial charge in [-0.2, -0.15) is 0 Å². The summed E-state index contributed by atoms with van der Waals surface area (Å²) >= 11 is 0. The third-order valence-electron chi connectivity index (χ3n) is 4.70. The number of hydrogen-bond acceptors (Lipinski definition) is 7. The van der Waals surface area contributed by atoms with Gasteiger partial charge in [-0.3, -0.25) is 4.90 Å². The Bertz CT molecular complexity index is 718. The van der Waals surface area contributed by atoms with Gasteiger partial charge in [-0.15, -0.1) is 0 Å². The third-order valence-corrected chi connectivity index (χ3v) is 4.70. The number of rotatable bonds is 5. The SMILES string of the molecule is OCC=Cc1cc(N2CC(CN3CCOCC3)C2)c2nonc2c1. The molecule has 2 aromatic rings. The molecular formula is C17H22N4O3. The van der Waals surface area contributed by atoms with E-state index >= 15 is 0 Å². The summed E-state index contributed by atoms with van der Waals surface area (Å²) in [6.07, 6.45) is 3.61. The summed E-state index contributed by atoms with van der Waals surface area (Å²) in [6, 6.07) is 4.01. The average molecular weight is 330 g/mol. The lowest BCUT2D eigenvalue weighted by molar-refractivity contribution is 0.0286. The fraction of sp³-hybridized carbons (Fsp3) is 0.529. The third kappa shape index (κ3) is 3.15. The number of morpholine rings is 1. The van der Waals surface area contributed by atoms with Crippen LogP contribution >= 0.6 is 0 Å². The van der Waals surface area contributed by atoms with Crippen LogP contribution in [0.2, 0.25) is 0 Å². The van der Waals surface area contributed by atoms with Crippen molar-refractivity contribution >= 4 is 22.8 Å². The van der Waals surface area contributed by atoms with Crippen molar-refractivity contribution < 1.29 is 14.5 Å². The molecular weight excluding hydrogens is 308 g/mol. The molecule has 7 nitrogen and oxygen atoms in total. The molecule has 7 heteroatoms. The van der Waals surface area contributed by atoms with Crippen LogP contribution in [0.4, 0.5) is 5.69 Å². The highest BCUT2D eigenvalue weighted by atomic mass is 16.6. The smallest absolute Gasteiger partial charge is 0.158 e. The number of anilines is 1.